The number of aryl methyl sites for hydroxylation is 2. The molecule has 1 aliphatic heterocycles. The lowest BCUT2D eigenvalue weighted by atomic mass is 10.2. The second kappa shape index (κ2) is 6.22. The van der Waals surface area contributed by atoms with Crippen molar-refractivity contribution in [1.82, 2.24) is 9.62 Å². The Balaban J connectivity index is 0.00000180. The van der Waals surface area contributed by atoms with Crippen LogP contribution in [0.1, 0.15) is 18.1 Å². The lowest BCUT2D eigenvalue weighted by Crippen LogP contribution is -2.51. The van der Waals surface area contributed by atoms with Gasteiger partial charge in [0, 0.05) is 25.7 Å². The average molecular weight is 305 g/mol. The van der Waals surface area contributed by atoms with Gasteiger partial charge in [-0.15, -0.1) is 12.4 Å². The molecule has 1 N–H and O–H groups in total. The summed E-state index contributed by atoms with van der Waals surface area (Å²) in [5.74, 6) is 0. The summed E-state index contributed by atoms with van der Waals surface area (Å²) in [5, 5.41) is 3.26. The summed E-state index contributed by atoms with van der Waals surface area (Å²) in [4.78, 5) is 0.441. The molecule has 0 radical (unpaired) electrons. The average Bonchev–Trinajstić information content (AvgIpc) is 2.32. The first-order valence-corrected chi connectivity index (χ1v) is 7.66. The first-order chi connectivity index (χ1) is 8.41. The Morgan fingerprint density at radius 3 is 2.63 bits per heavy atom. The number of hydrogen-bond acceptors (Lipinski definition) is 3. The van der Waals surface area contributed by atoms with E-state index in [-0.39, 0.29) is 18.4 Å². The van der Waals surface area contributed by atoms with Crippen molar-refractivity contribution in [3.63, 3.8) is 0 Å². The van der Waals surface area contributed by atoms with Crippen molar-refractivity contribution in [1.29, 1.82) is 0 Å². The van der Waals surface area contributed by atoms with Gasteiger partial charge in [0.25, 0.3) is 0 Å². The molecule has 0 unspecified atom stereocenters. The predicted octanol–water partition coefficient (Wildman–Crippen LogP) is 1.71. The van der Waals surface area contributed by atoms with Crippen LogP contribution in [0.4, 0.5) is 0 Å². The number of hydrogen-bond donors (Lipinski definition) is 1. The maximum absolute atomic E-state index is 12.6. The fourth-order valence-corrected chi connectivity index (χ4v) is 4.08. The highest BCUT2D eigenvalue weighted by molar-refractivity contribution is 7.89. The molecule has 0 aliphatic carbocycles. The van der Waals surface area contributed by atoms with E-state index >= 15 is 0 Å². The van der Waals surface area contributed by atoms with E-state index in [1.165, 1.54) is 0 Å². The molecule has 1 atom stereocenters. The van der Waals surface area contributed by atoms with E-state index in [2.05, 4.69) is 5.32 Å². The molecule has 0 aromatic heterocycles. The van der Waals surface area contributed by atoms with Crippen LogP contribution in [0.25, 0.3) is 0 Å². The summed E-state index contributed by atoms with van der Waals surface area (Å²) >= 11 is 0. The zero-order valence-corrected chi connectivity index (χ0v) is 13.1. The van der Waals surface area contributed by atoms with E-state index in [0.29, 0.717) is 24.5 Å². The van der Waals surface area contributed by atoms with E-state index < -0.39 is 10.0 Å². The van der Waals surface area contributed by atoms with Gasteiger partial charge < -0.3 is 5.32 Å². The number of nitrogens with one attached hydrogen (secondary N) is 1. The summed E-state index contributed by atoms with van der Waals surface area (Å²) in [6.45, 7) is 7.56. The zero-order valence-electron chi connectivity index (χ0n) is 11.5. The summed E-state index contributed by atoms with van der Waals surface area (Å²) in [7, 11) is -3.35. The molecular weight excluding hydrogens is 284 g/mol. The fraction of sp³-hybridized carbons (Fsp3) is 0.538. The van der Waals surface area contributed by atoms with Crippen molar-refractivity contribution in [2.75, 3.05) is 19.6 Å². The highest BCUT2D eigenvalue weighted by atomic mass is 35.5. The third-order valence-electron chi connectivity index (χ3n) is 3.29. The summed E-state index contributed by atoms with van der Waals surface area (Å²) in [5.41, 5.74) is 1.79. The Morgan fingerprint density at radius 2 is 2.00 bits per heavy atom. The van der Waals surface area contributed by atoms with Gasteiger partial charge in [-0.25, -0.2) is 8.42 Å². The minimum absolute atomic E-state index is 0. The molecule has 6 heteroatoms. The number of rotatable bonds is 2. The van der Waals surface area contributed by atoms with Crippen molar-refractivity contribution < 1.29 is 8.42 Å². The summed E-state index contributed by atoms with van der Waals surface area (Å²) in [6.07, 6.45) is 0. The number of nitrogens with zero attached hydrogens (tertiary/aromatic N) is 1. The van der Waals surface area contributed by atoms with Gasteiger partial charge in [-0.3, -0.25) is 0 Å². The quantitative estimate of drug-likeness (QED) is 0.905. The van der Waals surface area contributed by atoms with Crippen LogP contribution < -0.4 is 5.32 Å². The summed E-state index contributed by atoms with van der Waals surface area (Å²) in [6, 6.07) is 5.78. The third kappa shape index (κ3) is 3.48. The maximum atomic E-state index is 12.6. The van der Waals surface area contributed by atoms with Gasteiger partial charge in [0.2, 0.25) is 10.0 Å². The maximum Gasteiger partial charge on any atom is 0.243 e. The van der Waals surface area contributed by atoms with Gasteiger partial charge in [-0.2, -0.15) is 4.31 Å². The molecule has 4 nitrogen and oxygen atoms in total. The highest BCUT2D eigenvalue weighted by Crippen LogP contribution is 2.22. The van der Waals surface area contributed by atoms with Crippen LogP contribution in [-0.4, -0.2) is 38.4 Å². The molecule has 1 aromatic carbocycles. The Labute approximate surface area is 121 Å². The van der Waals surface area contributed by atoms with Gasteiger partial charge in [0.15, 0.2) is 0 Å². The first kappa shape index (κ1) is 16.4. The molecular formula is C13H21ClN2O2S. The van der Waals surface area contributed by atoms with Crippen molar-refractivity contribution in [3.8, 4) is 0 Å². The zero-order chi connectivity index (χ0) is 13.3. The van der Waals surface area contributed by atoms with Gasteiger partial charge in [0.05, 0.1) is 4.90 Å². The van der Waals surface area contributed by atoms with E-state index in [1.807, 2.05) is 32.9 Å². The molecule has 0 spiro atoms. The normalized spacial score (nSPS) is 20.9. The van der Waals surface area contributed by atoms with E-state index in [4.69, 9.17) is 0 Å². The molecule has 19 heavy (non-hydrogen) atoms. The molecule has 0 bridgehead atoms. The van der Waals surface area contributed by atoms with E-state index in [1.54, 1.807) is 10.4 Å². The van der Waals surface area contributed by atoms with Gasteiger partial charge >= 0.3 is 0 Å². The smallest absolute Gasteiger partial charge is 0.243 e. The van der Waals surface area contributed by atoms with Gasteiger partial charge in [-0.05, 0) is 38.0 Å². The van der Waals surface area contributed by atoms with Crippen LogP contribution in [0, 0.1) is 13.8 Å². The minimum atomic E-state index is -3.35. The first-order valence-electron chi connectivity index (χ1n) is 6.22. The van der Waals surface area contributed by atoms with Gasteiger partial charge in [0.1, 0.15) is 0 Å². The Hall–Kier alpha value is -0.620. The largest absolute Gasteiger partial charge is 0.312 e. The molecule has 1 heterocycles. The van der Waals surface area contributed by atoms with Crippen LogP contribution in [0.15, 0.2) is 23.1 Å². The Kier molecular flexibility index (Phi) is 5.38. The standard InChI is InChI=1S/C13H20N2O2S.ClH/c1-10-4-5-11(2)13(8-10)18(16,17)15-7-6-14-12(3)9-15;/h4-5,8,12,14H,6-7,9H2,1-3H3;1H/t12-;/m1./s1. The molecule has 0 amide bonds. The molecule has 1 saturated heterocycles. The fourth-order valence-electron chi connectivity index (χ4n) is 2.24. The minimum Gasteiger partial charge on any atom is -0.312 e. The number of benzene rings is 1. The Morgan fingerprint density at radius 1 is 1.32 bits per heavy atom. The van der Waals surface area contributed by atoms with Crippen LogP contribution in [0.2, 0.25) is 0 Å². The van der Waals surface area contributed by atoms with Crippen LogP contribution in [0.3, 0.4) is 0 Å². The lowest BCUT2D eigenvalue weighted by molar-refractivity contribution is 0.310. The Bertz CT molecular complexity index is 546. The molecule has 1 aromatic rings. The van der Waals surface area contributed by atoms with Crippen molar-refractivity contribution >= 4 is 22.4 Å². The van der Waals surface area contributed by atoms with Crippen molar-refractivity contribution in [2.45, 2.75) is 31.7 Å². The molecule has 1 fully saturated rings. The highest BCUT2D eigenvalue weighted by Gasteiger charge is 2.29. The van der Waals surface area contributed by atoms with E-state index in [0.717, 1.165) is 11.1 Å². The van der Waals surface area contributed by atoms with Crippen molar-refractivity contribution in [2.24, 2.45) is 0 Å². The van der Waals surface area contributed by atoms with E-state index in [9.17, 15) is 8.42 Å². The van der Waals surface area contributed by atoms with Gasteiger partial charge in [-0.1, -0.05) is 12.1 Å². The third-order valence-corrected chi connectivity index (χ3v) is 5.30. The van der Waals surface area contributed by atoms with Crippen LogP contribution in [-0.2, 0) is 10.0 Å². The van der Waals surface area contributed by atoms with Crippen molar-refractivity contribution in [3.05, 3.63) is 29.3 Å². The second-order valence-electron chi connectivity index (χ2n) is 4.99. The monoisotopic (exact) mass is 304 g/mol. The molecule has 1 aliphatic rings. The lowest BCUT2D eigenvalue weighted by Gasteiger charge is -2.31. The van der Waals surface area contributed by atoms with Crippen LogP contribution >= 0.6 is 12.4 Å². The number of sulfonamides is 1. The predicted molar refractivity (Wildman–Crippen MR) is 79.4 cm³/mol. The summed E-state index contributed by atoms with van der Waals surface area (Å²) < 4.78 is 26.8. The second-order valence-corrected chi connectivity index (χ2v) is 6.89. The molecule has 0 saturated carbocycles. The molecule has 2 rings (SSSR count). The van der Waals surface area contributed by atoms with Crippen LogP contribution in [0.5, 0.6) is 0 Å². The number of halogens is 1. The number of piperazine rings is 1. The molecule has 108 valence electrons. The topological polar surface area (TPSA) is 49.4 Å². The SMILES string of the molecule is Cc1ccc(C)c(S(=O)(=O)N2CCN[C@H](C)C2)c1.Cl.